The molecule has 3 aromatic rings. The maximum Gasteiger partial charge on any atom is 0.254 e. The average Bonchev–Trinajstić information content (AvgIpc) is 3.20. The molecule has 0 unspecified atom stereocenters. The number of benzene rings is 1. The average molecular weight is 421 g/mol. The number of hydrogen-bond donors (Lipinski definition) is 4. The van der Waals surface area contributed by atoms with Gasteiger partial charge in [0, 0.05) is 43.3 Å². The molecule has 2 aromatic heterocycles. The number of primary amides is 1. The smallest absolute Gasteiger partial charge is 0.254 e. The van der Waals surface area contributed by atoms with E-state index in [-0.39, 0.29) is 11.6 Å². The molecule has 1 amide bonds. The fourth-order valence-corrected chi connectivity index (χ4v) is 3.94. The first-order valence-corrected chi connectivity index (χ1v) is 10.5. The van der Waals surface area contributed by atoms with Crippen LogP contribution in [-0.4, -0.2) is 38.2 Å². The summed E-state index contributed by atoms with van der Waals surface area (Å²) >= 11 is 0. The maximum absolute atomic E-state index is 11.9. The Kier molecular flexibility index (Phi) is 6.13. The molecule has 162 valence electrons. The van der Waals surface area contributed by atoms with Gasteiger partial charge in [0.15, 0.2) is 0 Å². The third-order valence-electron chi connectivity index (χ3n) is 5.71. The van der Waals surface area contributed by atoms with Gasteiger partial charge in [-0.05, 0) is 36.5 Å². The lowest BCUT2D eigenvalue weighted by Gasteiger charge is -2.28. The Morgan fingerprint density at radius 3 is 2.81 bits per heavy atom. The Labute approximate surface area is 181 Å². The number of aryl methyl sites for hydroxylation is 1. The normalized spacial score (nSPS) is 18.5. The van der Waals surface area contributed by atoms with Crippen LogP contribution in [0.2, 0.25) is 0 Å². The second-order valence-corrected chi connectivity index (χ2v) is 8.02. The first-order chi connectivity index (χ1) is 15.0. The van der Waals surface area contributed by atoms with Crippen molar-refractivity contribution >= 4 is 23.4 Å². The highest BCUT2D eigenvalue weighted by molar-refractivity contribution is 5.98. The van der Waals surface area contributed by atoms with Gasteiger partial charge in [-0.2, -0.15) is 10.1 Å². The predicted octanol–water partition coefficient (Wildman–Crippen LogP) is 2.65. The van der Waals surface area contributed by atoms with Crippen LogP contribution in [0.5, 0.6) is 0 Å². The molecule has 9 nitrogen and oxygen atoms in total. The topological polar surface area (TPSA) is 137 Å². The number of hydrogen-bond acceptors (Lipinski definition) is 7. The third kappa shape index (κ3) is 5.00. The van der Waals surface area contributed by atoms with Gasteiger partial charge in [0.2, 0.25) is 5.95 Å². The van der Waals surface area contributed by atoms with Gasteiger partial charge in [0.25, 0.3) is 5.91 Å². The summed E-state index contributed by atoms with van der Waals surface area (Å²) < 4.78 is 1.75. The summed E-state index contributed by atoms with van der Waals surface area (Å²) in [6, 6.07) is 7.99. The summed E-state index contributed by atoms with van der Waals surface area (Å²) in [5.41, 5.74) is 14.8. The van der Waals surface area contributed by atoms with Crippen molar-refractivity contribution in [2.75, 3.05) is 17.2 Å². The molecule has 0 aliphatic heterocycles. The van der Waals surface area contributed by atoms with Crippen LogP contribution in [0.3, 0.4) is 0 Å². The number of amides is 1. The van der Waals surface area contributed by atoms with Crippen molar-refractivity contribution in [1.82, 2.24) is 19.7 Å². The van der Waals surface area contributed by atoms with Crippen LogP contribution in [0.15, 0.2) is 42.9 Å². The third-order valence-corrected chi connectivity index (χ3v) is 5.71. The monoisotopic (exact) mass is 420 g/mol. The minimum atomic E-state index is -0.591. The SMILES string of the molecule is Cn1cc(-c2cccc(Nc3nc(NC[C@@H]4CCCC[C@@H]4N)ncc3C(N)=O)c2)cn1. The minimum absolute atomic E-state index is 0.193. The van der Waals surface area contributed by atoms with E-state index in [0.29, 0.717) is 24.2 Å². The van der Waals surface area contributed by atoms with Crippen molar-refractivity contribution in [3.63, 3.8) is 0 Å². The number of anilines is 3. The summed E-state index contributed by atoms with van der Waals surface area (Å²) in [5.74, 6) is 0.600. The molecule has 6 N–H and O–H groups in total. The molecule has 31 heavy (non-hydrogen) atoms. The fraction of sp³-hybridized carbons (Fsp3) is 0.364. The van der Waals surface area contributed by atoms with Crippen molar-refractivity contribution in [3.8, 4) is 11.1 Å². The molecule has 0 radical (unpaired) electrons. The van der Waals surface area contributed by atoms with E-state index in [9.17, 15) is 4.79 Å². The number of carbonyl (C=O) groups is 1. The quantitative estimate of drug-likeness (QED) is 0.461. The van der Waals surface area contributed by atoms with E-state index in [2.05, 4.69) is 25.7 Å². The molecule has 1 aliphatic carbocycles. The zero-order valence-electron chi connectivity index (χ0n) is 17.6. The number of nitrogens with one attached hydrogen (secondary N) is 2. The molecular formula is C22H28N8O. The Morgan fingerprint density at radius 1 is 1.23 bits per heavy atom. The van der Waals surface area contributed by atoms with Gasteiger partial charge in [0.1, 0.15) is 11.4 Å². The lowest BCUT2D eigenvalue weighted by atomic mass is 9.85. The number of carbonyl (C=O) groups excluding carboxylic acids is 1. The van der Waals surface area contributed by atoms with Gasteiger partial charge in [-0.3, -0.25) is 9.48 Å². The van der Waals surface area contributed by atoms with E-state index in [0.717, 1.165) is 29.7 Å². The molecule has 2 heterocycles. The highest BCUT2D eigenvalue weighted by atomic mass is 16.1. The first-order valence-electron chi connectivity index (χ1n) is 10.5. The molecule has 0 saturated heterocycles. The van der Waals surface area contributed by atoms with Gasteiger partial charge in [-0.25, -0.2) is 4.98 Å². The van der Waals surface area contributed by atoms with Crippen LogP contribution < -0.4 is 22.1 Å². The second kappa shape index (κ2) is 9.13. The van der Waals surface area contributed by atoms with Gasteiger partial charge in [-0.15, -0.1) is 0 Å². The van der Waals surface area contributed by atoms with Crippen LogP contribution in [0, 0.1) is 5.92 Å². The van der Waals surface area contributed by atoms with Crippen LogP contribution in [0.25, 0.3) is 11.1 Å². The van der Waals surface area contributed by atoms with E-state index in [4.69, 9.17) is 11.5 Å². The molecule has 1 saturated carbocycles. The van der Waals surface area contributed by atoms with E-state index in [1.807, 2.05) is 37.5 Å². The molecule has 1 aliphatic rings. The first kappa shape index (κ1) is 20.8. The summed E-state index contributed by atoms with van der Waals surface area (Å²) in [7, 11) is 1.88. The molecule has 1 aromatic carbocycles. The lowest BCUT2D eigenvalue weighted by molar-refractivity contribution is 0.100. The van der Waals surface area contributed by atoms with Crippen LogP contribution >= 0.6 is 0 Å². The van der Waals surface area contributed by atoms with E-state index in [1.54, 1.807) is 10.9 Å². The standard InChI is InChI=1S/C22H28N8O/c1-30-13-16(11-27-30)14-6-4-7-17(9-14)28-21-18(20(24)31)12-26-22(29-21)25-10-15-5-2-3-8-19(15)23/h4,6-7,9,11-13,15,19H,2-3,5,8,10,23H2,1H3,(H2,24,31)(H2,25,26,28,29)/t15-,19-/m0/s1. The number of rotatable bonds is 7. The van der Waals surface area contributed by atoms with E-state index in [1.165, 1.54) is 19.0 Å². The molecule has 0 bridgehead atoms. The van der Waals surface area contributed by atoms with Crippen molar-refractivity contribution in [2.45, 2.75) is 31.7 Å². The Hall–Kier alpha value is -3.46. The lowest BCUT2D eigenvalue weighted by Crippen LogP contribution is -2.37. The zero-order chi connectivity index (χ0) is 21.8. The summed E-state index contributed by atoms with van der Waals surface area (Å²) in [4.78, 5) is 20.7. The van der Waals surface area contributed by atoms with E-state index < -0.39 is 5.91 Å². The van der Waals surface area contributed by atoms with Crippen LogP contribution in [-0.2, 0) is 7.05 Å². The molecule has 4 rings (SSSR count). The maximum atomic E-state index is 11.9. The van der Waals surface area contributed by atoms with Gasteiger partial charge in [-0.1, -0.05) is 25.0 Å². The molecule has 9 heteroatoms. The van der Waals surface area contributed by atoms with Crippen LogP contribution in [0.1, 0.15) is 36.0 Å². The van der Waals surface area contributed by atoms with Gasteiger partial charge >= 0.3 is 0 Å². The molecule has 1 fully saturated rings. The Bertz CT molecular complexity index is 1060. The Morgan fingerprint density at radius 2 is 2.06 bits per heavy atom. The number of aromatic nitrogens is 4. The largest absolute Gasteiger partial charge is 0.365 e. The number of nitrogens with zero attached hydrogens (tertiary/aromatic N) is 4. The summed E-state index contributed by atoms with van der Waals surface area (Å²) in [6.45, 7) is 0.701. The summed E-state index contributed by atoms with van der Waals surface area (Å²) in [6.07, 6.45) is 9.72. The van der Waals surface area contributed by atoms with Crippen molar-refractivity contribution < 1.29 is 4.79 Å². The fourth-order valence-electron chi connectivity index (χ4n) is 3.94. The number of nitrogens with two attached hydrogens (primary N) is 2. The van der Waals surface area contributed by atoms with E-state index >= 15 is 0 Å². The van der Waals surface area contributed by atoms with Crippen molar-refractivity contribution in [1.29, 1.82) is 0 Å². The predicted molar refractivity (Wildman–Crippen MR) is 121 cm³/mol. The summed E-state index contributed by atoms with van der Waals surface area (Å²) in [5, 5.41) is 10.7. The van der Waals surface area contributed by atoms with Crippen molar-refractivity contribution in [2.24, 2.45) is 24.4 Å². The Balaban J connectivity index is 1.54. The zero-order valence-corrected chi connectivity index (χ0v) is 17.6. The minimum Gasteiger partial charge on any atom is -0.365 e. The second-order valence-electron chi connectivity index (χ2n) is 8.02. The van der Waals surface area contributed by atoms with Crippen molar-refractivity contribution in [3.05, 3.63) is 48.4 Å². The van der Waals surface area contributed by atoms with Gasteiger partial charge in [0.05, 0.1) is 6.20 Å². The highest BCUT2D eigenvalue weighted by Gasteiger charge is 2.22. The molecule has 0 spiro atoms. The van der Waals surface area contributed by atoms with Crippen LogP contribution in [0.4, 0.5) is 17.5 Å². The highest BCUT2D eigenvalue weighted by Crippen LogP contribution is 2.26. The molecule has 2 atom stereocenters. The molecular weight excluding hydrogens is 392 g/mol. The van der Waals surface area contributed by atoms with Gasteiger partial charge < -0.3 is 22.1 Å².